The summed E-state index contributed by atoms with van der Waals surface area (Å²) in [5.41, 5.74) is 6.31. The molecule has 0 aromatic heterocycles. The van der Waals surface area contributed by atoms with E-state index in [2.05, 4.69) is 4.99 Å². The Hall–Kier alpha value is -1.51. The van der Waals surface area contributed by atoms with Crippen molar-refractivity contribution < 1.29 is 4.74 Å². The highest BCUT2D eigenvalue weighted by molar-refractivity contribution is 5.80. The maximum Gasteiger partial charge on any atom is 0.119 e. The van der Waals surface area contributed by atoms with Gasteiger partial charge < -0.3 is 10.5 Å². The lowest BCUT2D eigenvalue weighted by atomic mass is 10.3. The van der Waals surface area contributed by atoms with E-state index in [-0.39, 0.29) is 6.10 Å². The molecular formula is C11H16N2O. The van der Waals surface area contributed by atoms with E-state index in [1.807, 2.05) is 38.1 Å². The van der Waals surface area contributed by atoms with Crippen LogP contribution in [0.15, 0.2) is 29.3 Å². The van der Waals surface area contributed by atoms with Gasteiger partial charge in [0, 0.05) is 0 Å². The molecule has 2 N–H and O–H groups in total. The van der Waals surface area contributed by atoms with Crippen LogP contribution in [0.2, 0.25) is 0 Å². The van der Waals surface area contributed by atoms with Crippen LogP contribution < -0.4 is 10.5 Å². The molecule has 76 valence electrons. The summed E-state index contributed by atoms with van der Waals surface area (Å²) in [7, 11) is 0. The van der Waals surface area contributed by atoms with Gasteiger partial charge >= 0.3 is 0 Å². The summed E-state index contributed by atoms with van der Waals surface area (Å²) in [6.07, 6.45) is 0.195. The molecule has 0 spiro atoms. The molecule has 0 aliphatic carbocycles. The van der Waals surface area contributed by atoms with Gasteiger partial charge in [-0.3, -0.25) is 0 Å². The number of benzene rings is 1. The van der Waals surface area contributed by atoms with E-state index >= 15 is 0 Å². The van der Waals surface area contributed by atoms with Gasteiger partial charge in [-0.15, -0.1) is 0 Å². The lowest BCUT2D eigenvalue weighted by Crippen LogP contribution is -2.05. The fourth-order valence-electron chi connectivity index (χ4n) is 1.08. The number of nitrogens with zero attached hydrogens (tertiary/aromatic N) is 1. The zero-order valence-corrected chi connectivity index (χ0v) is 8.82. The van der Waals surface area contributed by atoms with Crippen LogP contribution in [0.4, 0.5) is 5.69 Å². The van der Waals surface area contributed by atoms with Crippen molar-refractivity contribution in [2.24, 2.45) is 10.7 Å². The van der Waals surface area contributed by atoms with Crippen molar-refractivity contribution in [1.82, 2.24) is 0 Å². The zero-order valence-electron chi connectivity index (χ0n) is 8.82. The fraction of sp³-hybridized carbons (Fsp3) is 0.364. The molecular weight excluding hydrogens is 176 g/mol. The average molecular weight is 192 g/mol. The molecule has 0 aliphatic heterocycles. The Morgan fingerprint density at radius 1 is 1.29 bits per heavy atom. The average Bonchev–Trinajstić information content (AvgIpc) is 2.06. The molecule has 0 amide bonds. The highest BCUT2D eigenvalue weighted by Crippen LogP contribution is 2.18. The standard InChI is InChI=1S/C11H16N2O/c1-8(2)14-11-6-4-10(5-7-11)13-9(3)12/h4-8H,1-3H3,(H2,12,13). The summed E-state index contributed by atoms with van der Waals surface area (Å²) in [5.74, 6) is 1.41. The van der Waals surface area contributed by atoms with Crippen LogP contribution in [0.25, 0.3) is 0 Å². The topological polar surface area (TPSA) is 47.6 Å². The first-order valence-corrected chi connectivity index (χ1v) is 4.65. The quantitative estimate of drug-likeness (QED) is 0.590. The molecule has 14 heavy (non-hydrogen) atoms. The summed E-state index contributed by atoms with van der Waals surface area (Å²) in [4.78, 5) is 4.12. The number of rotatable bonds is 3. The van der Waals surface area contributed by atoms with E-state index in [9.17, 15) is 0 Å². The first-order chi connectivity index (χ1) is 6.58. The monoisotopic (exact) mass is 192 g/mol. The van der Waals surface area contributed by atoms with E-state index in [1.165, 1.54) is 0 Å². The second-order valence-corrected chi connectivity index (χ2v) is 3.41. The highest BCUT2D eigenvalue weighted by Gasteiger charge is 1.96. The van der Waals surface area contributed by atoms with Gasteiger partial charge in [0.2, 0.25) is 0 Å². The van der Waals surface area contributed by atoms with Gasteiger partial charge in [-0.1, -0.05) is 0 Å². The summed E-state index contributed by atoms with van der Waals surface area (Å²) < 4.78 is 5.49. The van der Waals surface area contributed by atoms with Crippen LogP contribution in [0.5, 0.6) is 5.75 Å². The lowest BCUT2D eigenvalue weighted by molar-refractivity contribution is 0.242. The Labute approximate surface area is 84.6 Å². The molecule has 0 bridgehead atoms. The summed E-state index contributed by atoms with van der Waals surface area (Å²) in [5, 5.41) is 0. The Morgan fingerprint density at radius 3 is 2.29 bits per heavy atom. The summed E-state index contributed by atoms with van der Waals surface area (Å²) in [6, 6.07) is 7.55. The van der Waals surface area contributed by atoms with E-state index in [1.54, 1.807) is 6.92 Å². The molecule has 1 aromatic rings. The Kier molecular flexibility index (Phi) is 3.51. The third-order valence-corrected chi connectivity index (χ3v) is 1.51. The first kappa shape index (κ1) is 10.6. The van der Waals surface area contributed by atoms with Gasteiger partial charge in [0.1, 0.15) is 5.75 Å². The normalized spacial score (nSPS) is 11.9. The zero-order chi connectivity index (χ0) is 10.6. The fourth-order valence-corrected chi connectivity index (χ4v) is 1.08. The molecule has 0 radical (unpaired) electrons. The summed E-state index contributed by atoms with van der Waals surface area (Å²) >= 11 is 0. The van der Waals surface area contributed by atoms with Crippen LogP contribution in [0, 0.1) is 0 Å². The molecule has 0 atom stereocenters. The minimum absolute atomic E-state index is 0.195. The predicted octanol–water partition coefficient (Wildman–Crippen LogP) is 2.48. The van der Waals surface area contributed by atoms with Crippen molar-refractivity contribution in [3.8, 4) is 5.75 Å². The van der Waals surface area contributed by atoms with Gasteiger partial charge in [0.05, 0.1) is 17.6 Å². The second kappa shape index (κ2) is 4.65. The number of aliphatic imine (C=N–C) groups is 1. The van der Waals surface area contributed by atoms with Crippen LogP contribution in [-0.2, 0) is 0 Å². The minimum atomic E-state index is 0.195. The maximum absolute atomic E-state index is 5.49. The van der Waals surface area contributed by atoms with Crippen LogP contribution >= 0.6 is 0 Å². The minimum Gasteiger partial charge on any atom is -0.491 e. The van der Waals surface area contributed by atoms with Crippen molar-refractivity contribution in [1.29, 1.82) is 0 Å². The molecule has 0 saturated heterocycles. The molecule has 0 aliphatic rings. The van der Waals surface area contributed by atoms with E-state index in [0.29, 0.717) is 5.84 Å². The molecule has 0 saturated carbocycles. The van der Waals surface area contributed by atoms with Crippen LogP contribution in [0.1, 0.15) is 20.8 Å². The van der Waals surface area contributed by atoms with E-state index in [0.717, 1.165) is 11.4 Å². The number of hydrogen-bond donors (Lipinski definition) is 1. The van der Waals surface area contributed by atoms with Gasteiger partial charge in [-0.25, -0.2) is 4.99 Å². The molecule has 3 nitrogen and oxygen atoms in total. The Balaban J connectivity index is 2.74. The number of ether oxygens (including phenoxy) is 1. The Morgan fingerprint density at radius 2 is 1.86 bits per heavy atom. The van der Waals surface area contributed by atoms with Gasteiger partial charge in [-0.2, -0.15) is 0 Å². The third kappa shape index (κ3) is 3.47. The SMILES string of the molecule is CC(N)=Nc1ccc(OC(C)C)cc1. The van der Waals surface area contributed by atoms with Crippen molar-refractivity contribution in [2.75, 3.05) is 0 Å². The molecule has 0 unspecified atom stereocenters. The largest absolute Gasteiger partial charge is 0.491 e. The molecule has 1 rings (SSSR count). The summed E-state index contributed by atoms with van der Waals surface area (Å²) in [6.45, 7) is 5.75. The van der Waals surface area contributed by atoms with Crippen molar-refractivity contribution in [3.05, 3.63) is 24.3 Å². The van der Waals surface area contributed by atoms with E-state index < -0.39 is 0 Å². The maximum atomic E-state index is 5.49. The van der Waals surface area contributed by atoms with Gasteiger partial charge in [0.15, 0.2) is 0 Å². The number of nitrogens with two attached hydrogens (primary N) is 1. The van der Waals surface area contributed by atoms with Crippen LogP contribution in [-0.4, -0.2) is 11.9 Å². The highest BCUT2D eigenvalue weighted by atomic mass is 16.5. The first-order valence-electron chi connectivity index (χ1n) is 4.65. The molecule has 3 heteroatoms. The van der Waals surface area contributed by atoms with Crippen LogP contribution in [0.3, 0.4) is 0 Å². The lowest BCUT2D eigenvalue weighted by Gasteiger charge is -2.09. The predicted molar refractivity (Wildman–Crippen MR) is 59.2 cm³/mol. The Bertz CT molecular complexity index is 311. The molecule has 1 aromatic carbocycles. The van der Waals surface area contributed by atoms with Gasteiger partial charge in [-0.05, 0) is 45.0 Å². The molecule has 0 fully saturated rings. The van der Waals surface area contributed by atoms with Gasteiger partial charge in [0.25, 0.3) is 0 Å². The smallest absolute Gasteiger partial charge is 0.119 e. The number of hydrogen-bond acceptors (Lipinski definition) is 2. The number of amidine groups is 1. The third-order valence-electron chi connectivity index (χ3n) is 1.51. The van der Waals surface area contributed by atoms with Crippen molar-refractivity contribution in [2.45, 2.75) is 26.9 Å². The molecule has 0 heterocycles. The second-order valence-electron chi connectivity index (χ2n) is 3.41. The van der Waals surface area contributed by atoms with Crippen molar-refractivity contribution >= 4 is 11.5 Å². The van der Waals surface area contributed by atoms with E-state index in [4.69, 9.17) is 10.5 Å². The van der Waals surface area contributed by atoms with Crippen molar-refractivity contribution in [3.63, 3.8) is 0 Å².